The van der Waals surface area contributed by atoms with Gasteiger partial charge in [0.05, 0.1) is 0 Å². The highest BCUT2D eigenvalue weighted by molar-refractivity contribution is 14.1. The van der Waals surface area contributed by atoms with Crippen molar-refractivity contribution in [3.63, 3.8) is 0 Å². The van der Waals surface area contributed by atoms with Gasteiger partial charge < -0.3 is 0 Å². The number of aryl methyl sites for hydroxylation is 1. The molecule has 0 heterocycles. The molecular formula is C14H10BrIO. The topological polar surface area (TPSA) is 17.1 Å². The molecule has 0 aromatic heterocycles. The first kappa shape index (κ1) is 12.8. The number of ketones is 1. The molecule has 2 aromatic carbocycles. The highest BCUT2D eigenvalue weighted by atomic mass is 127. The minimum Gasteiger partial charge on any atom is -0.289 e. The maximum absolute atomic E-state index is 12.2. The van der Waals surface area contributed by atoms with Gasteiger partial charge in [0, 0.05) is 19.2 Å². The van der Waals surface area contributed by atoms with Crippen LogP contribution in [0.25, 0.3) is 0 Å². The molecule has 0 saturated carbocycles. The average molecular weight is 401 g/mol. The summed E-state index contributed by atoms with van der Waals surface area (Å²) in [5, 5.41) is 0. The van der Waals surface area contributed by atoms with Crippen LogP contribution in [0.2, 0.25) is 0 Å². The molecule has 86 valence electrons. The summed E-state index contributed by atoms with van der Waals surface area (Å²) in [6.45, 7) is 1.98. The maximum atomic E-state index is 12.2. The van der Waals surface area contributed by atoms with E-state index in [0.717, 1.165) is 24.7 Å². The zero-order valence-electron chi connectivity index (χ0n) is 9.21. The van der Waals surface area contributed by atoms with Crippen molar-refractivity contribution in [3.8, 4) is 0 Å². The zero-order chi connectivity index (χ0) is 12.4. The van der Waals surface area contributed by atoms with Crippen LogP contribution in [-0.4, -0.2) is 5.78 Å². The van der Waals surface area contributed by atoms with Gasteiger partial charge in [-0.05, 0) is 77.5 Å². The van der Waals surface area contributed by atoms with Gasteiger partial charge in [0.2, 0.25) is 0 Å². The summed E-state index contributed by atoms with van der Waals surface area (Å²) in [6, 6.07) is 13.4. The quantitative estimate of drug-likeness (QED) is 0.532. The Labute approximate surface area is 123 Å². The molecule has 0 saturated heterocycles. The van der Waals surface area contributed by atoms with Gasteiger partial charge in [0.1, 0.15) is 0 Å². The normalized spacial score (nSPS) is 10.3. The molecule has 2 rings (SSSR count). The first-order valence-electron chi connectivity index (χ1n) is 5.14. The molecule has 0 aliphatic carbocycles. The van der Waals surface area contributed by atoms with Crippen molar-refractivity contribution in [2.75, 3.05) is 0 Å². The molecule has 0 aliphatic rings. The van der Waals surface area contributed by atoms with E-state index >= 15 is 0 Å². The first-order chi connectivity index (χ1) is 8.06. The van der Waals surface area contributed by atoms with Gasteiger partial charge >= 0.3 is 0 Å². The van der Waals surface area contributed by atoms with E-state index in [4.69, 9.17) is 0 Å². The summed E-state index contributed by atoms with van der Waals surface area (Å²) in [7, 11) is 0. The van der Waals surface area contributed by atoms with E-state index in [9.17, 15) is 4.79 Å². The lowest BCUT2D eigenvalue weighted by Gasteiger charge is -2.04. The van der Waals surface area contributed by atoms with E-state index in [0.29, 0.717) is 0 Å². The fourth-order valence-electron chi connectivity index (χ4n) is 1.64. The highest BCUT2D eigenvalue weighted by Crippen LogP contribution is 2.18. The van der Waals surface area contributed by atoms with Crippen LogP contribution in [0.5, 0.6) is 0 Å². The van der Waals surface area contributed by atoms with E-state index in [1.165, 1.54) is 0 Å². The second-order valence-corrected chi connectivity index (χ2v) is 6.01. The van der Waals surface area contributed by atoms with Crippen LogP contribution < -0.4 is 0 Å². The molecule has 0 fully saturated rings. The van der Waals surface area contributed by atoms with Gasteiger partial charge in [0.15, 0.2) is 5.78 Å². The molecule has 1 nitrogen and oxygen atoms in total. The van der Waals surface area contributed by atoms with Crippen LogP contribution in [-0.2, 0) is 0 Å². The number of benzene rings is 2. The Balaban J connectivity index is 2.40. The number of hydrogen-bond donors (Lipinski definition) is 0. The lowest BCUT2D eigenvalue weighted by atomic mass is 10.0. The molecule has 17 heavy (non-hydrogen) atoms. The smallest absolute Gasteiger partial charge is 0.193 e. The van der Waals surface area contributed by atoms with Gasteiger partial charge in [-0.2, -0.15) is 0 Å². The van der Waals surface area contributed by atoms with Crippen LogP contribution in [0, 0.1) is 10.5 Å². The van der Waals surface area contributed by atoms with Crippen molar-refractivity contribution in [1.29, 1.82) is 0 Å². The van der Waals surface area contributed by atoms with Crippen molar-refractivity contribution in [2.24, 2.45) is 0 Å². The second-order valence-electron chi connectivity index (χ2n) is 3.85. The molecule has 2 aromatic rings. The third kappa shape index (κ3) is 3.16. The number of carbonyl (C=O) groups is 1. The minimum atomic E-state index is 0.0609. The summed E-state index contributed by atoms with van der Waals surface area (Å²) < 4.78 is 2.07. The molecule has 0 aliphatic heterocycles. The van der Waals surface area contributed by atoms with Crippen LogP contribution in [0.1, 0.15) is 21.5 Å². The van der Waals surface area contributed by atoms with Crippen LogP contribution in [0.3, 0.4) is 0 Å². The number of hydrogen-bond acceptors (Lipinski definition) is 1. The second kappa shape index (κ2) is 5.31. The Kier molecular flexibility index (Phi) is 3.99. The van der Waals surface area contributed by atoms with Gasteiger partial charge in [-0.3, -0.25) is 4.79 Å². The van der Waals surface area contributed by atoms with Gasteiger partial charge in [0.25, 0.3) is 0 Å². The SMILES string of the molecule is Cc1cc(Br)cc(C(=O)c2ccc(I)cc2)c1. The lowest BCUT2D eigenvalue weighted by Crippen LogP contribution is -2.01. The molecule has 3 heteroatoms. The van der Waals surface area contributed by atoms with Gasteiger partial charge in [-0.25, -0.2) is 0 Å². The number of halogens is 2. The Hall–Kier alpha value is -0.680. The number of carbonyl (C=O) groups excluding carboxylic acids is 1. The Morgan fingerprint density at radius 2 is 1.71 bits per heavy atom. The molecule has 0 spiro atoms. The molecule has 0 amide bonds. The predicted molar refractivity (Wildman–Crippen MR) is 81.5 cm³/mol. The highest BCUT2D eigenvalue weighted by Gasteiger charge is 2.09. The molecule has 0 atom stereocenters. The zero-order valence-corrected chi connectivity index (χ0v) is 12.9. The van der Waals surface area contributed by atoms with Crippen LogP contribution in [0.15, 0.2) is 46.9 Å². The van der Waals surface area contributed by atoms with Crippen molar-refractivity contribution in [2.45, 2.75) is 6.92 Å². The van der Waals surface area contributed by atoms with Crippen molar-refractivity contribution < 1.29 is 4.79 Å². The van der Waals surface area contributed by atoms with Crippen LogP contribution >= 0.6 is 38.5 Å². The van der Waals surface area contributed by atoms with E-state index in [2.05, 4.69) is 38.5 Å². The molecule has 0 bridgehead atoms. The molecule has 0 N–H and O–H groups in total. The van der Waals surface area contributed by atoms with Crippen molar-refractivity contribution >= 4 is 44.3 Å². The summed E-state index contributed by atoms with van der Waals surface area (Å²) in [4.78, 5) is 12.2. The number of rotatable bonds is 2. The van der Waals surface area contributed by atoms with E-state index in [1.54, 1.807) is 0 Å². The minimum absolute atomic E-state index is 0.0609. The van der Waals surface area contributed by atoms with Gasteiger partial charge in [-0.15, -0.1) is 0 Å². The van der Waals surface area contributed by atoms with E-state index in [-0.39, 0.29) is 5.78 Å². The molecule has 0 unspecified atom stereocenters. The average Bonchev–Trinajstić information content (AvgIpc) is 2.28. The third-order valence-corrected chi connectivity index (χ3v) is 3.59. The standard InChI is InChI=1S/C14H10BrIO/c1-9-6-11(8-12(15)7-9)14(17)10-2-4-13(16)5-3-10/h2-8H,1H3. The predicted octanol–water partition coefficient (Wildman–Crippen LogP) is 4.59. The van der Waals surface area contributed by atoms with E-state index in [1.807, 2.05) is 49.4 Å². The Bertz CT molecular complexity index is 541. The summed E-state index contributed by atoms with van der Waals surface area (Å²) in [6.07, 6.45) is 0. The third-order valence-electron chi connectivity index (χ3n) is 2.41. The Morgan fingerprint density at radius 3 is 2.29 bits per heavy atom. The van der Waals surface area contributed by atoms with Gasteiger partial charge in [-0.1, -0.05) is 15.9 Å². The summed E-state index contributed by atoms with van der Waals surface area (Å²) in [5.41, 5.74) is 2.52. The molecular weight excluding hydrogens is 391 g/mol. The van der Waals surface area contributed by atoms with Crippen molar-refractivity contribution in [3.05, 3.63) is 67.2 Å². The fraction of sp³-hybridized carbons (Fsp3) is 0.0714. The van der Waals surface area contributed by atoms with Crippen molar-refractivity contribution in [1.82, 2.24) is 0 Å². The maximum Gasteiger partial charge on any atom is 0.193 e. The van der Waals surface area contributed by atoms with Crippen LogP contribution in [0.4, 0.5) is 0 Å². The van der Waals surface area contributed by atoms with E-state index < -0.39 is 0 Å². The monoisotopic (exact) mass is 400 g/mol. The summed E-state index contributed by atoms with van der Waals surface area (Å²) >= 11 is 5.64. The lowest BCUT2D eigenvalue weighted by molar-refractivity contribution is 0.103. The molecule has 0 radical (unpaired) electrons. The summed E-state index contributed by atoms with van der Waals surface area (Å²) in [5.74, 6) is 0.0609. The largest absolute Gasteiger partial charge is 0.289 e. The first-order valence-corrected chi connectivity index (χ1v) is 7.01. The Morgan fingerprint density at radius 1 is 1.06 bits per heavy atom. The fourth-order valence-corrected chi connectivity index (χ4v) is 2.60.